The number of anilines is 2. The first kappa shape index (κ1) is 37.8. The third-order valence-corrected chi connectivity index (χ3v) is 11.3. The third-order valence-electron chi connectivity index (χ3n) is 11.3. The van der Waals surface area contributed by atoms with Crippen LogP contribution in [-0.2, 0) is 0 Å². The molecule has 64 heavy (non-hydrogen) atoms. The predicted octanol–water partition coefficient (Wildman–Crippen LogP) is 10.8. The molecular weight excluding hydrogens is 799 g/mol. The number of amides is 2. The van der Waals surface area contributed by atoms with Crippen molar-refractivity contribution < 1.29 is 14.4 Å². The molecule has 8 bridgehead atoms. The Morgan fingerprint density at radius 2 is 0.812 bits per heavy atom. The fraction of sp³-hybridized carbons (Fsp3) is 0. The Hall–Kier alpha value is -9.16. The smallest absolute Gasteiger partial charge is 0.469 e. The van der Waals surface area contributed by atoms with Crippen LogP contribution in [0.4, 0.5) is 16.4 Å². The van der Waals surface area contributed by atoms with E-state index in [1.165, 1.54) is 12.1 Å². The van der Waals surface area contributed by atoms with Crippen LogP contribution in [0.1, 0.15) is 22.8 Å². The first-order valence-electron chi connectivity index (χ1n) is 20.6. The van der Waals surface area contributed by atoms with Gasteiger partial charge in [0.05, 0.1) is 22.8 Å². The van der Waals surface area contributed by atoms with Crippen molar-refractivity contribution in [2.45, 2.75) is 0 Å². The summed E-state index contributed by atoms with van der Waals surface area (Å²) in [5.41, 5.74) is 14.8. The standard InChI is InChI=1S/C52H35N9O3/c62-52(58-51-59-61(64)46-19-11-10-18-45(46)60(51)63)53-36-22-20-35(21-23-36)50-43-30-28-41(56-43)48(33-14-6-2-7-15-33)39-26-24-37(54-39)47(32-12-4-1-5-13-32)38-25-27-40(55-38)49(34-16-8-3-9-17-34)42-29-31-44(50)57-42/h1-31,54,57H,(H2,53,58,59,62). The Morgan fingerprint density at radius 1 is 0.438 bits per heavy atom. The van der Waals surface area contributed by atoms with E-state index < -0.39 is 12.0 Å². The van der Waals surface area contributed by atoms with Crippen molar-refractivity contribution in [3.8, 4) is 44.5 Å². The predicted molar refractivity (Wildman–Crippen MR) is 253 cm³/mol. The second-order valence-corrected chi connectivity index (χ2v) is 15.2. The first-order chi connectivity index (χ1) is 31.4. The number of nitrogens with one attached hydrogen (secondary N) is 4. The van der Waals surface area contributed by atoms with Crippen LogP contribution in [0, 0.1) is 10.4 Å². The topological polar surface area (TPSA) is 165 Å². The summed E-state index contributed by atoms with van der Waals surface area (Å²) in [6.45, 7) is 0. The lowest BCUT2D eigenvalue weighted by Crippen LogP contribution is -2.45. The zero-order valence-corrected chi connectivity index (χ0v) is 33.9. The van der Waals surface area contributed by atoms with Gasteiger partial charge in [-0.3, -0.25) is 5.32 Å². The number of para-hydroxylation sites is 2. The molecule has 0 spiro atoms. The van der Waals surface area contributed by atoms with E-state index in [2.05, 4.69) is 98.5 Å². The highest BCUT2D eigenvalue weighted by molar-refractivity contribution is 6.01. The molecule has 0 fully saturated rings. The number of rotatable bonds is 6. The lowest BCUT2D eigenvalue weighted by atomic mass is 10.0. The zero-order valence-electron chi connectivity index (χ0n) is 33.9. The van der Waals surface area contributed by atoms with Crippen LogP contribution < -0.4 is 20.2 Å². The van der Waals surface area contributed by atoms with Crippen molar-refractivity contribution in [2.24, 2.45) is 0 Å². The summed E-state index contributed by atoms with van der Waals surface area (Å²) in [4.78, 5) is 31.7. The molecule has 0 aliphatic carbocycles. The van der Waals surface area contributed by atoms with Crippen LogP contribution in [-0.4, -0.2) is 31.1 Å². The van der Waals surface area contributed by atoms with Gasteiger partial charge in [-0.2, -0.15) is 5.32 Å². The summed E-state index contributed by atoms with van der Waals surface area (Å²) in [6, 6.07) is 51.9. The SMILES string of the molecule is O=C(Nc1ccc(-c2c3nc(c(-c4ccccc4)c4ccc([nH]4)c(-c4ccccc4)c4nc(c(-c5ccccc5)c5ccc2[nH]5)C=C4)C=C3)cc1)Nc1n[n+]([O-])c2ccccc2[n+]1[O-]. The maximum absolute atomic E-state index is 13.2. The van der Waals surface area contributed by atoms with Crippen molar-refractivity contribution in [3.63, 3.8) is 0 Å². The van der Waals surface area contributed by atoms with Crippen LogP contribution in [0.5, 0.6) is 0 Å². The summed E-state index contributed by atoms with van der Waals surface area (Å²) in [7, 11) is 0. The van der Waals surface area contributed by atoms with Crippen LogP contribution in [0.3, 0.4) is 0 Å². The number of urea groups is 1. The number of hydrogen-bond acceptors (Lipinski definition) is 6. The maximum atomic E-state index is 13.2. The number of aromatic amines is 2. The number of hydrogen-bond donors (Lipinski definition) is 4. The van der Waals surface area contributed by atoms with Crippen molar-refractivity contribution in [3.05, 3.63) is 197 Å². The molecule has 6 heterocycles. The van der Waals surface area contributed by atoms with Crippen LogP contribution in [0.15, 0.2) is 164 Å². The number of benzene rings is 5. The quantitative estimate of drug-likeness (QED) is 0.0961. The van der Waals surface area contributed by atoms with Crippen LogP contribution in [0.25, 0.3) is 102 Å². The van der Waals surface area contributed by atoms with Gasteiger partial charge >= 0.3 is 12.0 Å². The molecule has 0 saturated carbocycles. The molecule has 4 aromatic heterocycles. The molecule has 5 aromatic carbocycles. The van der Waals surface area contributed by atoms with Gasteiger partial charge in [0, 0.05) is 60.9 Å². The fourth-order valence-electron chi connectivity index (χ4n) is 8.39. The van der Waals surface area contributed by atoms with Gasteiger partial charge < -0.3 is 20.4 Å². The molecule has 0 unspecified atom stereocenters. The summed E-state index contributed by atoms with van der Waals surface area (Å²) in [5.74, 6) is -0.457. The largest absolute Gasteiger partial charge is 0.739 e. The minimum Gasteiger partial charge on any atom is -0.739 e. The first-order valence-corrected chi connectivity index (χ1v) is 20.6. The molecule has 12 heteroatoms. The minimum absolute atomic E-state index is 0.0706. The molecule has 2 aliphatic rings. The van der Waals surface area contributed by atoms with Gasteiger partial charge in [-0.1, -0.05) is 115 Å². The van der Waals surface area contributed by atoms with E-state index in [1.54, 1.807) is 24.3 Å². The minimum atomic E-state index is -0.743. The highest BCUT2D eigenvalue weighted by Gasteiger charge is 2.23. The van der Waals surface area contributed by atoms with Gasteiger partial charge in [-0.15, -0.1) is 0 Å². The Morgan fingerprint density at radius 3 is 1.23 bits per heavy atom. The van der Waals surface area contributed by atoms with E-state index >= 15 is 0 Å². The molecule has 0 saturated heterocycles. The summed E-state index contributed by atoms with van der Waals surface area (Å²) >= 11 is 0. The molecule has 0 radical (unpaired) electrons. The van der Waals surface area contributed by atoms with Crippen molar-refractivity contribution in [1.82, 2.24) is 25.0 Å². The van der Waals surface area contributed by atoms with Crippen LogP contribution in [0.2, 0.25) is 0 Å². The van der Waals surface area contributed by atoms with Gasteiger partial charge in [0.1, 0.15) is 0 Å². The Bertz CT molecular complexity index is 3490. The Labute approximate surface area is 365 Å². The van der Waals surface area contributed by atoms with Crippen molar-refractivity contribution in [2.75, 3.05) is 10.6 Å². The van der Waals surface area contributed by atoms with E-state index in [9.17, 15) is 15.2 Å². The molecule has 4 N–H and O–H groups in total. The molecule has 2 amide bonds. The van der Waals surface area contributed by atoms with Crippen LogP contribution >= 0.6 is 0 Å². The Kier molecular flexibility index (Phi) is 9.28. The Balaban J connectivity index is 1.10. The average Bonchev–Trinajstić information content (AvgIpc) is 4.18. The molecule has 9 aromatic rings. The molecule has 0 atom stereocenters. The normalized spacial score (nSPS) is 11.8. The number of aromatic nitrogens is 7. The second kappa shape index (κ2) is 15.7. The molecular formula is C52H35N9O3. The zero-order chi connectivity index (χ0) is 43.1. The third kappa shape index (κ3) is 6.86. The number of carbonyl (C=O) groups is 1. The molecule has 306 valence electrons. The lowest BCUT2D eigenvalue weighted by molar-refractivity contribution is -0.672. The van der Waals surface area contributed by atoms with E-state index in [4.69, 9.17) is 9.97 Å². The molecule has 2 aliphatic heterocycles. The lowest BCUT2D eigenvalue weighted by Gasteiger charge is -2.10. The van der Waals surface area contributed by atoms with E-state index in [0.717, 1.165) is 89.4 Å². The van der Waals surface area contributed by atoms with Gasteiger partial charge in [0.2, 0.25) is 5.10 Å². The van der Waals surface area contributed by atoms with E-state index in [1.807, 2.05) is 78.9 Å². The highest BCUT2D eigenvalue weighted by atomic mass is 16.5. The average molecular weight is 834 g/mol. The summed E-state index contributed by atoms with van der Waals surface area (Å²) < 4.78 is 0.411. The summed E-state index contributed by atoms with van der Waals surface area (Å²) in [6.07, 6.45) is 8.23. The number of carbonyl (C=O) groups excluding carboxylic acids is 1. The number of H-pyrrole nitrogens is 2. The number of nitrogens with zero attached hydrogens (tertiary/aromatic N) is 5. The molecule has 11 rings (SSSR count). The second-order valence-electron chi connectivity index (χ2n) is 15.2. The number of fused-ring (bicyclic) bond motifs is 9. The highest BCUT2D eigenvalue weighted by Crippen LogP contribution is 2.38. The van der Waals surface area contributed by atoms with E-state index in [-0.39, 0.29) is 11.0 Å². The summed E-state index contributed by atoms with van der Waals surface area (Å²) in [5, 5.41) is 34.4. The van der Waals surface area contributed by atoms with Gasteiger partial charge in [-0.05, 0) is 89.0 Å². The van der Waals surface area contributed by atoms with Crippen molar-refractivity contribution >= 4 is 75.1 Å². The van der Waals surface area contributed by atoms with Crippen molar-refractivity contribution in [1.29, 1.82) is 0 Å². The van der Waals surface area contributed by atoms with Gasteiger partial charge in [-0.25, -0.2) is 19.5 Å². The van der Waals surface area contributed by atoms with Gasteiger partial charge in [0.15, 0.2) is 5.52 Å². The van der Waals surface area contributed by atoms with E-state index in [0.29, 0.717) is 15.3 Å². The maximum Gasteiger partial charge on any atom is 0.469 e. The van der Waals surface area contributed by atoms with Gasteiger partial charge in [0.25, 0.3) is 5.52 Å². The molecule has 12 nitrogen and oxygen atoms in total. The monoisotopic (exact) mass is 833 g/mol. The fourth-order valence-corrected chi connectivity index (χ4v) is 8.39.